The number of likely N-dealkylation sites (N-methyl/N-ethyl adjacent to an activating group) is 1. The van der Waals surface area contributed by atoms with Crippen LogP contribution in [0, 0.1) is 5.82 Å². The minimum atomic E-state index is -4.61. The van der Waals surface area contributed by atoms with Crippen LogP contribution in [0.5, 0.6) is 0 Å². The van der Waals surface area contributed by atoms with Gasteiger partial charge in [0.05, 0.1) is 12.1 Å². The predicted molar refractivity (Wildman–Crippen MR) is 105 cm³/mol. The Morgan fingerprint density at radius 1 is 1.31 bits per heavy atom. The highest BCUT2D eigenvalue weighted by atomic mass is 127. The van der Waals surface area contributed by atoms with E-state index < -0.39 is 17.6 Å². The minimum Gasteiger partial charge on any atom is -0.357 e. The molecule has 2 N–H and O–H groups in total. The summed E-state index contributed by atoms with van der Waals surface area (Å²) in [6, 6.07) is 3.06. The van der Waals surface area contributed by atoms with Gasteiger partial charge < -0.3 is 15.5 Å². The molecule has 9 heteroatoms. The maximum atomic E-state index is 13.2. The Morgan fingerprint density at radius 2 is 2.04 bits per heavy atom. The summed E-state index contributed by atoms with van der Waals surface area (Å²) in [6.07, 6.45) is -2.38. The average Bonchev–Trinajstić information content (AvgIpc) is 2.95. The molecule has 1 atom stereocenters. The molecule has 1 fully saturated rings. The van der Waals surface area contributed by atoms with Gasteiger partial charge in [0.2, 0.25) is 0 Å². The van der Waals surface area contributed by atoms with Crippen molar-refractivity contribution < 1.29 is 17.6 Å². The average molecular weight is 488 g/mol. The fourth-order valence-corrected chi connectivity index (χ4v) is 2.91. The molecule has 0 bridgehead atoms. The van der Waals surface area contributed by atoms with Crippen LogP contribution in [0.4, 0.5) is 17.6 Å². The molecular weight excluding hydrogens is 463 g/mol. The smallest absolute Gasteiger partial charge is 0.357 e. The summed E-state index contributed by atoms with van der Waals surface area (Å²) in [5, 5.41) is 6.20. The first-order valence-corrected chi connectivity index (χ1v) is 8.39. The first kappa shape index (κ1) is 22.9. The molecule has 4 nitrogen and oxygen atoms in total. The fraction of sp³-hybridized carbons (Fsp3) is 0.588. The number of alkyl halides is 3. The molecule has 0 spiro atoms. The third-order valence-electron chi connectivity index (χ3n) is 4.31. The summed E-state index contributed by atoms with van der Waals surface area (Å²) in [7, 11) is 2.05. The predicted octanol–water partition coefficient (Wildman–Crippen LogP) is 3.61. The van der Waals surface area contributed by atoms with Crippen molar-refractivity contribution in [3.8, 4) is 0 Å². The highest BCUT2D eigenvalue weighted by molar-refractivity contribution is 14.0. The molecule has 0 saturated carbocycles. The molecule has 1 aliphatic heterocycles. The van der Waals surface area contributed by atoms with Crippen LogP contribution in [0.1, 0.15) is 30.9 Å². The van der Waals surface area contributed by atoms with Crippen LogP contribution in [0.3, 0.4) is 0 Å². The maximum Gasteiger partial charge on any atom is 0.416 e. The lowest BCUT2D eigenvalue weighted by Crippen LogP contribution is -2.44. The number of nitrogens with one attached hydrogen (secondary N) is 2. The summed E-state index contributed by atoms with van der Waals surface area (Å²) in [5.74, 6) is -0.449. The van der Waals surface area contributed by atoms with Gasteiger partial charge in [-0.25, -0.2) is 9.38 Å². The van der Waals surface area contributed by atoms with Crippen molar-refractivity contribution in [2.24, 2.45) is 4.99 Å². The van der Waals surface area contributed by atoms with Crippen LogP contribution >= 0.6 is 24.0 Å². The van der Waals surface area contributed by atoms with E-state index in [0.717, 1.165) is 31.5 Å². The van der Waals surface area contributed by atoms with Gasteiger partial charge in [0.1, 0.15) is 5.82 Å². The number of benzene rings is 1. The third kappa shape index (κ3) is 6.57. The van der Waals surface area contributed by atoms with Crippen LogP contribution in [-0.2, 0) is 12.7 Å². The number of halogens is 5. The van der Waals surface area contributed by atoms with Crippen LogP contribution in [-0.4, -0.2) is 43.6 Å². The van der Waals surface area contributed by atoms with Crippen molar-refractivity contribution >= 4 is 29.9 Å². The normalized spacial score (nSPS) is 18.5. The fourth-order valence-electron chi connectivity index (χ4n) is 2.91. The highest BCUT2D eigenvalue weighted by Gasteiger charge is 2.33. The lowest BCUT2D eigenvalue weighted by atomic mass is 10.1. The van der Waals surface area contributed by atoms with E-state index in [1.54, 1.807) is 0 Å². The van der Waals surface area contributed by atoms with Gasteiger partial charge in [-0.3, -0.25) is 0 Å². The second kappa shape index (κ2) is 10.3. The molecule has 26 heavy (non-hydrogen) atoms. The Labute approximate surface area is 168 Å². The van der Waals surface area contributed by atoms with E-state index in [0.29, 0.717) is 31.2 Å². The van der Waals surface area contributed by atoms with Gasteiger partial charge in [-0.05, 0) is 51.1 Å². The highest BCUT2D eigenvalue weighted by Crippen LogP contribution is 2.32. The molecule has 1 aliphatic rings. The Morgan fingerprint density at radius 3 is 2.62 bits per heavy atom. The van der Waals surface area contributed by atoms with Gasteiger partial charge in [0.15, 0.2) is 5.96 Å². The Hall–Kier alpha value is -1.10. The maximum absolute atomic E-state index is 13.2. The summed E-state index contributed by atoms with van der Waals surface area (Å²) in [4.78, 5) is 6.48. The number of rotatable bonds is 5. The zero-order chi connectivity index (χ0) is 18.4. The Balaban J connectivity index is 0.00000338. The van der Waals surface area contributed by atoms with Crippen molar-refractivity contribution in [1.82, 2.24) is 15.5 Å². The minimum absolute atomic E-state index is 0. The monoisotopic (exact) mass is 488 g/mol. The molecule has 2 rings (SSSR count). The lowest BCUT2D eigenvalue weighted by Gasteiger charge is -2.21. The molecule has 0 aromatic heterocycles. The summed E-state index contributed by atoms with van der Waals surface area (Å²) < 4.78 is 52.3. The molecule has 148 valence electrons. The Bertz CT molecular complexity index is 607. The van der Waals surface area contributed by atoms with Crippen LogP contribution in [0.15, 0.2) is 23.2 Å². The molecule has 1 aromatic rings. The number of nitrogens with zero attached hydrogens (tertiary/aromatic N) is 2. The molecular formula is C17H25F4IN4. The van der Waals surface area contributed by atoms with Crippen LogP contribution in [0.2, 0.25) is 0 Å². The standard InChI is InChI=1S/C17H24F4N4.HI/c1-3-22-16(24-11-14-5-4-8-25(14)2)23-10-12-6-7-13(18)9-15(12)17(19,20)21;/h6-7,9,14H,3-5,8,10-11H2,1-2H3,(H2,22,23,24);1H. The summed E-state index contributed by atoms with van der Waals surface area (Å²) >= 11 is 0. The topological polar surface area (TPSA) is 39.7 Å². The van der Waals surface area contributed by atoms with E-state index in [9.17, 15) is 17.6 Å². The third-order valence-corrected chi connectivity index (χ3v) is 4.31. The number of likely N-dealkylation sites (tertiary alicyclic amines) is 1. The summed E-state index contributed by atoms with van der Waals surface area (Å²) in [5.41, 5.74) is -1.04. The Kier molecular flexibility index (Phi) is 9.08. The van der Waals surface area contributed by atoms with E-state index in [4.69, 9.17) is 0 Å². The molecule has 1 heterocycles. The molecule has 0 aliphatic carbocycles. The van der Waals surface area contributed by atoms with Gasteiger partial charge in [-0.15, -0.1) is 24.0 Å². The van der Waals surface area contributed by atoms with E-state index in [2.05, 4.69) is 27.6 Å². The van der Waals surface area contributed by atoms with Gasteiger partial charge in [-0.1, -0.05) is 6.07 Å². The van der Waals surface area contributed by atoms with E-state index in [1.165, 1.54) is 0 Å². The largest absolute Gasteiger partial charge is 0.416 e. The SMILES string of the molecule is CCNC(=NCc1ccc(F)cc1C(F)(F)F)NCC1CCCN1C.I. The van der Waals surface area contributed by atoms with Crippen molar-refractivity contribution in [3.05, 3.63) is 35.1 Å². The number of hydrogen-bond donors (Lipinski definition) is 2. The first-order chi connectivity index (χ1) is 11.8. The van der Waals surface area contributed by atoms with Crippen LogP contribution in [0.25, 0.3) is 0 Å². The van der Waals surface area contributed by atoms with Crippen molar-refractivity contribution in [2.75, 3.05) is 26.7 Å². The molecule has 1 unspecified atom stereocenters. The number of hydrogen-bond acceptors (Lipinski definition) is 2. The zero-order valence-corrected chi connectivity index (χ0v) is 17.2. The van der Waals surface area contributed by atoms with E-state index in [1.807, 2.05) is 6.92 Å². The molecule has 0 amide bonds. The number of aliphatic imine (C=N–C) groups is 1. The van der Waals surface area contributed by atoms with Gasteiger partial charge in [-0.2, -0.15) is 13.2 Å². The van der Waals surface area contributed by atoms with E-state index >= 15 is 0 Å². The van der Waals surface area contributed by atoms with Gasteiger partial charge in [0.25, 0.3) is 0 Å². The summed E-state index contributed by atoms with van der Waals surface area (Å²) in [6.45, 7) is 4.03. The molecule has 1 aromatic carbocycles. The van der Waals surface area contributed by atoms with Crippen molar-refractivity contribution in [1.29, 1.82) is 0 Å². The quantitative estimate of drug-likeness (QED) is 0.288. The second-order valence-electron chi connectivity index (χ2n) is 6.15. The van der Waals surface area contributed by atoms with Crippen LogP contribution < -0.4 is 10.6 Å². The van der Waals surface area contributed by atoms with Gasteiger partial charge >= 0.3 is 6.18 Å². The number of guanidine groups is 1. The lowest BCUT2D eigenvalue weighted by molar-refractivity contribution is -0.138. The van der Waals surface area contributed by atoms with E-state index in [-0.39, 0.29) is 36.1 Å². The van der Waals surface area contributed by atoms with Crippen molar-refractivity contribution in [2.45, 2.75) is 38.5 Å². The first-order valence-electron chi connectivity index (χ1n) is 8.39. The molecule has 0 radical (unpaired) electrons. The van der Waals surface area contributed by atoms with Crippen molar-refractivity contribution in [3.63, 3.8) is 0 Å². The van der Waals surface area contributed by atoms with Gasteiger partial charge in [0, 0.05) is 19.1 Å². The zero-order valence-electron chi connectivity index (χ0n) is 14.9. The molecule has 1 saturated heterocycles. The second-order valence-corrected chi connectivity index (χ2v) is 6.15.